The minimum atomic E-state index is -1.81. The number of rotatable bonds is 11. The topological polar surface area (TPSA) is 480 Å². The Kier molecular flexibility index (Phi) is 13.1. The fourth-order valence-electron chi connectivity index (χ4n) is 5.63. The highest BCUT2D eigenvalue weighted by Crippen LogP contribution is 2.36. The Labute approximate surface area is 273 Å². The van der Waals surface area contributed by atoms with E-state index in [4.69, 9.17) is 76.3 Å². The third-order valence-corrected chi connectivity index (χ3v) is 7.69. The summed E-state index contributed by atoms with van der Waals surface area (Å²) in [6, 6.07) is -5.18. The van der Waals surface area contributed by atoms with Crippen LogP contribution in [-0.4, -0.2) is 165 Å². The first-order valence-electron chi connectivity index (χ1n) is 14.5. The number of aliphatic hydroxyl groups is 6. The molecule has 0 aromatic carbocycles. The highest BCUT2D eigenvalue weighted by Gasteiger charge is 2.54. The fraction of sp³-hybridized carbons (Fsp3) is 0.783. The van der Waals surface area contributed by atoms with Crippen LogP contribution >= 0.6 is 0 Å². The van der Waals surface area contributed by atoms with Gasteiger partial charge in [0.25, 0.3) is 0 Å². The van der Waals surface area contributed by atoms with Gasteiger partial charge in [-0.25, -0.2) is 20.0 Å². The van der Waals surface area contributed by atoms with Crippen molar-refractivity contribution >= 4 is 29.8 Å². The molecule has 0 amide bonds. The quantitative estimate of drug-likeness (QED) is 0.0705. The third kappa shape index (κ3) is 9.30. The standard InChI is InChI=1S/C23H47N15O10/c24-19(25)34-2-6-11(41)12(42)9(38-23(32)33)17(45-6)47-15-4(35-20(26)27)1-5(36-21(28)29)16(14(15)44)48-18-13(43)8(37-22(30)31)10(40)7(3-39)46-18/h4-18,39-44H,1-3H2,(H4,24,25,34)(H4,26,27,35)(H4,28,29,36)(H4,30,31,37)(H4,32,33,38)/t4-,5+,6+,7+,8-,9+,10+,11+,12+,13+,14-,15+,16-,17+,18+/m0/s1. The number of ether oxygens (including phenoxy) is 4. The highest BCUT2D eigenvalue weighted by molar-refractivity contribution is 5.77. The van der Waals surface area contributed by atoms with Crippen LogP contribution in [0.3, 0.4) is 0 Å². The monoisotopic (exact) mass is 693 g/mol. The minimum absolute atomic E-state index is 0.184. The van der Waals surface area contributed by atoms with E-state index in [-0.39, 0.29) is 18.9 Å². The van der Waals surface area contributed by atoms with Gasteiger partial charge in [0, 0.05) is 0 Å². The average molecular weight is 694 g/mol. The van der Waals surface area contributed by atoms with Gasteiger partial charge in [-0.3, -0.25) is 4.99 Å². The van der Waals surface area contributed by atoms with Crippen molar-refractivity contribution in [1.29, 1.82) is 0 Å². The van der Waals surface area contributed by atoms with E-state index in [0.29, 0.717) is 0 Å². The van der Waals surface area contributed by atoms with Gasteiger partial charge in [-0.1, -0.05) is 0 Å². The van der Waals surface area contributed by atoms with Crippen molar-refractivity contribution in [2.45, 2.75) is 98.1 Å². The zero-order chi connectivity index (χ0) is 36.0. The summed E-state index contributed by atoms with van der Waals surface area (Å²) < 4.78 is 23.6. The molecule has 274 valence electrons. The summed E-state index contributed by atoms with van der Waals surface area (Å²) in [6.07, 6.45) is -17.5. The largest absolute Gasteiger partial charge is 0.394 e. The summed E-state index contributed by atoms with van der Waals surface area (Å²) >= 11 is 0. The summed E-state index contributed by atoms with van der Waals surface area (Å²) in [5.41, 5.74) is 55.6. The predicted molar refractivity (Wildman–Crippen MR) is 168 cm³/mol. The molecule has 2 saturated heterocycles. The smallest absolute Gasteiger partial charge is 0.186 e. The molecule has 3 aliphatic rings. The molecule has 48 heavy (non-hydrogen) atoms. The number of nitrogens with zero attached hydrogens (tertiary/aromatic N) is 5. The van der Waals surface area contributed by atoms with Crippen molar-refractivity contribution in [3.05, 3.63) is 0 Å². The number of hydrogen-bond donors (Lipinski definition) is 16. The van der Waals surface area contributed by atoms with Crippen LogP contribution in [0.1, 0.15) is 6.42 Å². The molecule has 1 aliphatic carbocycles. The van der Waals surface area contributed by atoms with Gasteiger partial charge in [-0.2, -0.15) is 0 Å². The van der Waals surface area contributed by atoms with Crippen LogP contribution in [0, 0.1) is 0 Å². The number of guanidine groups is 5. The Morgan fingerprint density at radius 1 is 0.542 bits per heavy atom. The molecule has 0 radical (unpaired) electrons. The summed E-state index contributed by atoms with van der Waals surface area (Å²) in [5, 5.41) is 64.8. The molecule has 1 saturated carbocycles. The number of aliphatic hydroxyl groups excluding tert-OH is 6. The zero-order valence-corrected chi connectivity index (χ0v) is 25.6. The number of hydrogen-bond acceptors (Lipinski definition) is 15. The SMILES string of the molecule is NC(N)=NC[C@H]1O[C@H](O[C@H]2[C@H](O)[C@@H](O[C@H]3O[C@H](CO)[C@@H](O)[C@H](N=C(N)N)[C@H]3O)[C@H](N=C(N)N)C[C@@H]2N=C(N)N)[C@H](N=C(N)N)[C@@H](O)[C@@H]1O. The van der Waals surface area contributed by atoms with Gasteiger partial charge in [0.05, 0.1) is 25.2 Å². The molecule has 26 N–H and O–H groups in total. The van der Waals surface area contributed by atoms with Crippen LogP contribution < -0.4 is 57.3 Å². The Bertz CT molecular complexity index is 1220. The van der Waals surface area contributed by atoms with E-state index in [1.165, 1.54) is 0 Å². The molecule has 3 rings (SSSR count). The van der Waals surface area contributed by atoms with E-state index in [0.717, 1.165) is 0 Å². The summed E-state index contributed by atoms with van der Waals surface area (Å²) in [5.74, 6) is -2.20. The maximum absolute atomic E-state index is 11.8. The Balaban J connectivity index is 2.05. The first-order valence-corrected chi connectivity index (χ1v) is 14.5. The predicted octanol–water partition coefficient (Wildman–Crippen LogP) is -10.8. The molecule has 15 atom stereocenters. The second-order valence-corrected chi connectivity index (χ2v) is 11.3. The van der Waals surface area contributed by atoms with Gasteiger partial charge in [0.15, 0.2) is 42.4 Å². The van der Waals surface area contributed by atoms with E-state index < -0.39 is 122 Å². The molecule has 25 nitrogen and oxygen atoms in total. The molecule has 0 aromatic heterocycles. The van der Waals surface area contributed by atoms with E-state index in [1.807, 2.05) is 0 Å². The van der Waals surface area contributed by atoms with Crippen LogP contribution in [0.25, 0.3) is 0 Å². The second kappa shape index (κ2) is 16.4. The van der Waals surface area contributed by atoms with Crippen LogP contribution in [0.4, 0.5) is 0 Å². The molecule has 2 heterocycles. The lowest BCUT2D eigenvalue weighted by Gasteiger charge is -2.48. The Morgan fingerprint density at radius 3 is 1.50 bits per heavy atom. The summed E-state index contributed by atoms with van der Waals surface area (Å²) in [7, 11) is 0. The van der Waals surface area contributed by atoms with Gasteiger partial charge in [-0.05, 0) is 6.42 Å². The molecule has 2 aliphatic heterocycles. The average Bonchev–Trinajstić information content (AvgIpc) is 2.98. The van der Waals surface area contributed by atoms with Crippen molar-refractivity contribution in [2.75, 3.05) is 13.2 Å². The molecular formula is C23H47N15O10. The highest BCUT2D eigenvalue weighted by atomic mass is 16.7. The molecule has 0 unspecified atom stereocenters. The van der Waals surface area contributed by atoms with Crippen molar-refractivity contribution in [3.63, 3.8) is 0 Å². The second-order valence-electron chi connectivity index (χ2n) is 11.3. The lowest BCUT2D eigenvalue weighted by Crippen LogP contribution is -2.65. The first-order chi connectivity index (χ1) is 22.4. The molecule has 0 bridgehead atoms. The normalized spacial score (nSPS) is 39.8. The molecule has 3 fully saturated rings. The first kappa shape index (κ1) is 38.4. The Morgan fingerprint density at radius 2 is 1.02 bits per heavy atom. The molecule has 0 aromatic rings. The molecule has 0 spiro atoms. The lowest BCUT2D eigenvalue weighted by molar-refractivity contribution is -0.318. The third-order valence-electron chi connectivity index (χ3n) is 7.69. The van der Waals surface area contributed by atoms with Crippen molar-refractivity contribution < 1.29 is 49.6 Å². The maximum atomic E-state index is 11.8. The zero-order valence-electron chi connectivity index (χ0n) is 25.6. The van der Waals surface area contributed by atoms with E-state index in [1.54, 1.807) is 0 Å². The van der Waals surface area contributed by atoms with Gasteiger partial charge in [0.1, 0.15) is 67.0 Å². The fourth-order valence-corrected chi connectivity index (χ4v) is 5.63. The van der Waals surface area contributed by atoms with Gasteiger partial charge < -0.3 is 107 Å². The summed E-state index contributed by atoms with van der Waals surface area (Å²) in [6.45, 7) is -1.07. The van der Waals surface area contributed by atoms with Crippen LogP contribution in [0.2, 0.25) is 0 Å². The van der Waals surface area contributed by atoms with E-state index in [2.05, 4.69) is 25.0 Å². The number of nitrogens with two attached hydrogens (primary N) is 10. The number of aliphatic imine (C=N–C) groups is 5. The van der Waals surface area contributed by atoms with Gasteiger partial charge in [0.2, 0.25) is 0 Å². The van der Waals surface area contributed by atoms with Crippen LogP contribution in [0.15, 0.2) is 25.0 Å². The van der Waals surface area contributed by atoms with E-state index in [9.17, 15) is 30.6 Å². The van der Waals surface area contributed by atoms with Crippen molar-refractivity contribution in [1.82, 2.24) is 0 Å². The van der Waals surface area contributed by atoms with Crippen molar-refractivity contribution in [2.24, 2.45) is 82.3 Å². The van der Waals surface area contributed by atoms with Crippen molar-refractivity contribution in [3.8, 4) is 0 Å². The molecule has 25 heteroatoms. The van der Waals surface area contributed by atoms with Crippen LogP contribution in [-0.2, 0) is 18.9 Å². The van der Waals surface area contributed by atoms with E-state index >= 15 is 0 Å². The van der Waals surface area contributed by atoms with Gasteiger partial charge in [-0.15, -0.1) is 0 Å². The molecular weight excluding hydrogens is 646 g/mol. The maximum Gasteiger partial charge on any atom is 0.186 e. The Hall–Kier alpha value is -4.05. The lowest BCUT2D eigenvalue weighted by atomic mass is 9.83. The van der Waals surface area contributed by atoms with Crippen LogP contribution in [0.5, 0.6) is 0 Å². The summed E-state index contributed by atoms with van der Waals surface area (Å²) in [4.78, 5) is 19.8. The van der Waals surface area contributed by atoms with Gasteiger partial charge >= 0.3 is 0 Å². The minimum Gasteiger partial charge on any atom is -0.394 e.